The Balaban J connectivity index is 4.51. The first kappa shape index (κ1) is 12.2. The van der Waals surface area contributed by atoms with Crippen LogP contribution in [0.15, 0.2) is 11.6 Å². The minimum absolute atomic E-state index is 0.175. The Bertz CT molecular complexity index is 190. The van der Waals surface area contributed by atoms with Crippen LogP contribution in [-0.4, -0.2) is 12.6 Å². The monoisotopic (exact) mass is 184 g/mol. The third-order valence-corrected chi connectivity index (χ3v) is 1.65. The van der Waals surface area contributed by atoms with Gasteiger partial charge in [-0.2, -0.15) is 0 Å². The molecule has 0 fully saturated rings. The summed E-state index contributed by atoms with van der Waals surface area (Å²) in [5.74, 6) is 0.453. The predicted octanol–water partition coefficient (Wildman–Crippen LogP) is 2.79. The van der Waals surface area contributed by atoms with Crippen LogP contribution < -0.4 is 0 Å². The van der Waals surface area contributed by atoms with Gasteiger partial charge in [0.05, 0.1) is 6.61 Å². The molecule has 0 aromatic heterocycles. The van der Waals surface area contributed by atoms with E-state index >= 15 is 0 Å². The van der Waals surface area contributed by atoms with Gasteiger partial charge in [0.2, 0.25) is 0 Å². The summed E-state index contributed by atoms with van der Waals surface area (Å²) in [7, 11) is 0. The summed E-state index contributed by atoms with van der Waals surface area (Å²) in [6.45, 7) is 10.4. The number of hydrogen-bond donors (Lipinski definition) is 0. The van der Waals surface area contributed by atoms with Gasteiger partial charge in [-0.1, -0.05) is 33.8 Å². The number of ether oxygens (including phenoxy) is 1. The van der Waals surface area contributed by atoms with Crippen LogP contribution in [0.25, 0.3) is 0 Å². The number of carbonyl (C=O) groups is 1. The Morgan fingerprint density at radius 1 is 1.31 bits per heavy atom. The summed E-state index contributed by atoms with van der Waals surface area (Å²) in [5.41, 5.74) is 0.789. The first-order chi connectivity index (χ1) is 5.99. The minimum atomic E-state index is -0.175. The van der Waals surface area contributed by atoms with Crippen molar-refractivity contribution in [2.75, 3.05) is 6.61 Å². The van der Waals surface area contributed by atoms with Gasteiger partial charge in [-0.05, 0) is 18.8 Å². The third kappa shape index (κ3) is 4.71. The van der Waals surface area contributed by atoms with Crippen molar-refractivity contribution in [2.24, 2.45) is 11.8 Å². The quantitative estimate of drug-likeness (QED) is 0.496. The molecule has 0 aromatic rings. The molecule has 0 aliphatic heterocycles. The van der Waals surface area contributed by atoms with E-state index in [1.165, 1.54) is 0 Å². The number of carbonyl (C=O) groups excluding carboxylic acids is 1. The fraction of sp³-hybridized carbons (Fsp3) is 0.727. The number of hydrogen-bond acceptors (Lipinski definition) is 2. The normalized spacial score (nSPS) is 12.4. The second-order valence-electron chi connectivity index (χ2n) is 3.74. The Hall–Kier alpha value is -0.790. The zero-order chi connectivity index (χ0) is 10.4. The first-order valence-electron chi connectivity index (χ1n) is 4.87. The molecule has 0 aromatic carbocycles. The van der Waals surface area contributed by atoms with Gasteiger partial charge in [-0.15, -0.1) is 0 Å². The molecule has 76 valence electrons. The Kier molecular flexibility index (Phi) is 5.44. The Morgan fingerprint density at radius 2 is 1.85 bits per heavy atom. The fourth-order valence-electron chi connectivity index (χ4n) is 1.07. The molecule has 0 aliphatic rings. The van der Waals surface area contributed by atoms with Crippen LogP contribution in [0.5, 0.6) is 0 Å². The van der Waals surface area contributed by atoms with Crippen LogP contribution in [0.1, 0.15) is 34.6 Å². The molecule has 0 saturated heterocycles. The highest BCUT2D eigenvalue weighted by molar-refractivity contribution is 5.88. The summed E-state index contributed by atoms with van der Waals surface area (Å²) in [5, 5.41) is 0. The Morgan fingerprint density at radius 3 is 2.15 bits per heavy atom. The van der Waals surface area contributed by atoms with Gasteiger partial charge in [0.15, 0.2) is 0 Å². The van der Waals surface area contributed by atoms with Gasteiger partial charge < -0.3 is 4.74 Å². The molecular formula is C11H20O2. The van der Waals surface area contributed by atoms with E-state index in [0.717, 1.165) is 5.57 Å². The number of esters is 1. The molecule has 0 atom stereocenters. The highest BCUT2D eigenvalue weighted by atomic mass is 16.5. The van der Waals surface area contributed by atoms with E-state index in [1.54, 1.807) is 0 Å². The smallest absolute Gasteiger partial charge is 0.333 e. The lowest BCUT2D eigenvalue weighted by molar-refractivity contribution is -0.139. The molecule has 0 N–H and O–H groups in total. The van der Waals surface area contributed by atoms with E-state index in [4.69, 9.17) is 4.74 Å². The average molecular weight is 184 g/mol. The maximum absolute atomic E-state index is 11.4. The molecule has 0 heterocycles. The number of allylic oxidation sites excluding steroid dienone is 1. The van der Waals surface area contributed by atoms with Crippen molar-refractivity contribution in [3.63, 3.8) is 0 Å². The zero-order valence-corrected chi connectivity index (χ0v) is 9.26. The lowest BCUT2D eigenvalue weighted by Crippen LogP contribution is -2.13. The highest BCUT2D eigenvalue weighted by Crippen LogP contribution is 2.14. The minimum Gasteiger partial charge on any atom is -0.463 e. The summed E-state index contributed by atoms with van der Waals surface area (Å²) in [6.07, 6.45) is 1.97. The maximum atomic E-state index is 11.4. The molecule has 0 aliphatic carbocycles. The van der Waals surface area contributed by atoms with Crippen LogP contribution in [0.2, 0.25) is 0 Å². The van der Waals surface area contributed by atoms with Crippen molar-refractivity contribution in [3.05, 3.63) is 11.6 Å². The van der Waals surface area contributed by atoms with Crippen LogP contribution in [0.3, 0.4) is 0 Å². The van der Waals surface area contributed by atoms with E-state index in [9.17, 15) is 4.79 Å². The van der Waals surface area contributed by atoms with Gasteiger partial charge in [0, 0.05) is 5.57 Å². The topological polar surface area (TPSA) is 26.3 Å². The van der Waals surface area contributed by atoms with Crippen LogP contribution in [-0.2, 0) is 9.53 Å². The van der Waals surface area contributed by atoms with E-state index < -0.39 is 0 Å². The second kappa shape index (κ2) is 5.79. The van der Waals surface area contributed by atoms with Crippen LogP contribution in [0, 0.1) is 11.8 Å². The van der Waals surface area contributed by atoms with Crippen molar-refractivity contribution in [1.29, 1.82) is 0 Å². The number of rotatable bonds is 4. The molecule has 0 radical (unpaired) electrons. The van der Waals surface area contributed by atoms with E-state index in [1.807, 2.05) is 26.8 Å². The average Bonchev–Trinajstić information content (AvgIpc) is 1.99. The van der Waals surface area contributed by atoms with Crippen LogP contribution >= 0.6 is 0 Å². The molecule has 0 saturated carbocycles. The molecule has 0 unspecified atom stereocenters. The van der Waals surface area contributed by atoms with Crippen molar-refractivity contribution < 1.29 is 9.53 Å². The summed E-state index contributed by atoms with van der Waals surface area (Å²) >= 11 is 0. The SMILES string of the molecule is CCOC(=O)/C(=C/C(C)C)C(C)C. The summed E-state index contributed by atoms with van der Waals surface area (Å²) < 4.78 is 4.96. The maximum Gasteiger partial charge on any atom is 0.333 e. The summed E-state index contributed by atoms with van der Waals surface area (Å²) in [6, 6.07) is 0. The molecule has 13 heavy (non-hydrogen) atoms. The van der Waals surface area contributed by atoms with Crippen LogP contribution in [0.4, 0.5) is 0 Å². The van der Waals surface area contributed by atoms with E-state index in [2.05, 4.69) is 13.8 Å². The van der Waals surface area contributed by atoms with E-state index in [0.29, 0.717) is 12.5 Å². The second-order valence-corrected chi connectivity index (χ2v) is 3.74. The van der Waals surface area contributed by atoms with Gasteiger partial charge in [0.1, 0.15) is 0 Å². The molecule has 2 heteroatoms. The predicted molar refractivity (Wildman–Crippen MR) is 54.4 cm³/mol. The highest BCUT2D eigenvalue weighted by Gasteiger charge is 2.14. The Labute approximate surface area is 81.0 Å². The lowest BCUT2D eigenvalue weighted by atomic mass is 9.99. The van der Waals surface area contributed by atoms with Gasteiger partial charge in [-0.25, -0.2) is 4.79 Å². The van der Waals surface area contributed by atoms with Gasteiger partial charge in [0.25, 0.3) is 0 Å². The van der Waals surface area contributed by atoms with Gasteiger partial charge >= 0.3 is 5.97 Å². The largest absolute Gasteiger partial charge is 0.463 e. The molecule has 2 nitrogen and oxygen atoms in total. The molecule has 0 bridgehead atoms. The van der Waals surface area contributed by atoms with E-state index in [-0.39, 0.29) is 11.9 Å². The van der Waals surface area contributed by atoms with Crippen molar-refractivity contribution in [1.82, 2.24) is 0 Å². The third-order valence-electron chi connectivity index (χ3n) is 1.65. The van der Waals surface area contributed by atoms with Crippen molar-refractivity contribution in [3.8, 4) is 0 Å². The fourth-order valence-corrected chi connectivity index (χ4v) is 1.07. The summed E-state index contributed by atoms with van der Waals surface area (Å²) in [4.78, 5) is 11.4. The zero-order valence-electron chi connectivity index (χ0n) is 9.26. The molecule has 0 spiro atoms. The molecular weight excluding hydrogens is 164 g/mol. The molecule has 0 rings (SSSR count). The lowest BCUT2D eigenvalue weighted by Gasteiger charge is -2.11. The standard InChI is InChI=1S/C11H20O2/c1-6-13-11(12)10(9(4)5)7-8(2)3/h7-9H,6H2,1-5H3/b10-7+. The van der Waals surface area contributed by atoms with Crippen molar-refractivity contribution in [2.45, 2.75) is 34.6 Å². The first-order valence-corrected chi connectivity index (χ1v) is 4.87. The van der Waals surface area contributed by atoms with Gasteiger partial charge in [-0.3, -0.25) is 0 Å². The molecule has 0 amide bonds. The van der Waals surface area contributed by atoms with Crippen molar-refractivity contribution >= 4 is 5.97 Å².